The first-order valence-electron chi connectivity index (χ1n) is 9.88. The maximum atomic E-state index is 12.7. The van der Waals surface area contributed by atoms with Crippen LogP contribution in [0.3, 0.4) is 0 Å². The van der Waals surface area contributed by atoms with Gasteiger partial charge in [-0.25, -0.2) is 0 Å². The number of fused-ring (bicyclic) bond motifs is 1. The highest BCUT2D eigenvalue weighted by molar-refractivity contribution is 6.32. The molecule has 2 aliphatic rings. The third-order valence-electron chi connectivity index (χ3n) is 5.74. The Labute approximate surface area is 180 Å². The molecule has 4 rings (SSSR count). The Morgan fingerprint density at radius 2 is 1.93 bits per heavy atom. The highest BCUT2D eigenvalue weighted by Crippen LogP contribution is 2.40. The first-order chi connectivity index (χ1) is 14.3. The number of aryl methyl sites for hydroxylation is 2. The van der Waals surface area contributed by atoms with Crippen molar-refractivity contribution in [2.45, 2.75) is 32.3 Å². The molecule has 0 N–H and O–H groups in total. The zero-order valence-corrected chi connectivity index (χ0v) is 18.0. The van der Waals surface area contributed by atoms with Gasteiger partial charge in [-0.3, -0.25) is 9.59 Å². The number of hydrogen-bond acceptors (Lipinski definition) is 5. The monoisotopic (exact) mass is 429 g/mol. The van der Waals surface area contributed by atoms with Crippen molar-refractivity contribution in [3.05, 3.63) is 52.0 Å². The van der Waals surface area contributed by atoms with Crippen LogP contribution in [0.5, 0.6) is 17.2 Å². The van der Waals surface area contributed by atoms with Gasteiger partial charge in [0, 0.05) is 18.0 Å². The summed E-state index contributed by atoms with van der Waals surface area (Å²) in [4.78, 5) is 27.1. The van der Waals surface area contributed by atoms with Crippen LogP contribution in [0.25, 0.3) is 0 Å². The molecule has 0 bridgehead atoms. The number of ether oxygens (including phenoxy) is 3. The molecule has 1 atom stereocenters. The molecular formula is C23H24ClNO5. The lowest BCUT2D eigenvalue weighted by atomic mass is 9.89. The average molecular weight is 430 g/mol. The van der Waals surface area contributed by atoms with E-state index < -0.39 is 5.60 Å². The Bertz CT molecular complexity index is 998. The maximum absolute atomic E-state index is 12.7. The van der Waals surface area contributed by atoms with E-state index in [1.54, 1.807) is 30.2 Å². The molecule has 0 aromatic heterocycles. The molecule has 2 heterocycles. The summed E-state index contributed by atoms with van der Waals surface area (Å²) in [6.45, 7) is 4.63. The fraction of sp³-hybridized carbons (Fsp3) is 0.391. The second-order valence-corrected chi connectivity index (χ2v) is 8.35. The van der Waals surface area contributed by atoms with Gasteiger partial charge in [-0.2, -0.15) is 0 Å². The molecule has 2 aliphatic heterocycles. The van der Waals surface area contributed by atoms with Gasteiger partial charge in [0.05, 0.1) is 25.6 Å². The second-order valence-electron chi connectivity index (χ2n) is 7.97. The van der Waals surface area contributed by atoms with E-state index in [1.807, 2.05) is 26.0 Å². The molecule has 0 aliphatic carbocycles. The van der Waals surface area contributed by atoms with Gasteiger partial charge in [0.15, 0.2) is 12.4 Å². The topological polar surface area (TPSA) is 65.1 Å². The highest BCUT2D eigenvalue weighted by atomic mass is 35.5. The van der Waals surface area contributed by atoms with E-state index in [-0.39, 0.29) is 24.7 Å². The minimum atomic E-state index is -0.679. The molecule has 7 heteroatoms. The van der Waals surface area contributed by atoms with Crippen molar-refractivity contribution in [3.8, 4) is 17.2 Å². The number of halogens is 1. The lowest BCUT2D eigenvalue weighted by molar-refractivity contribution is -0.133. The van der Waals surface area contributed by atoms with Crippen molar-refractivity contribution in [2.24, 2.45) is 0 Å². The number of carbonyl (C=O) groups is 2. The third kappa shape index (κ3) is 3.84. The number of hydrogen-bond donors (Lipinski definition) is 0. The number of carbonyl (C=O) groups excluding carboxylic acids is 2. The van der Waals surface area contributed by atoms with Gasteiger partial charge in [0.2, 0.25) is 0 Å². The van der Waals surface area contributed by atoms with Crippen molar-refractivity contribution in [3.63, 3.8) is 0 Å². The molecule has 1 spiro atoms. The van der Waals surface area contributed by atoms with E-state index in [0.717, 1.165) is 11.1 Å². The number of benzene rings is 2. The van der Waals surface area contributed by atoms with Gasteiger partial charge >= 0.3 is 0 Å². The van der Waals surface area contributed by atoms with Gasteiger partial charge in [-0.15, -0.1) is 0 Å². The molecule has 1 saturated heterocycles. The van der Waals surface area contributed by atoms with E-state index in [9.17, 15) is 9.59 Å². The smallest absolute Gasteiger partial charge is 0.260 e. The molecule has 2 aromatic rings. The summed E-state index contributed by atoms with van der Waals surface area (Å²) in [7, 11) is 1.56. The summed E-state index contributed by atoms with van der Waals surface area (Å²) in [5.74, 6) is 1.66. The lowest BCUT2D eigenvalue weighted by Crippen LogP contribution is -2.45. The Hall–Kier alpha value is -2.73. The van der Waals surface area contributed by atoms with Crippen molar-refractivity contribution in [1.29, 1.82) is 0 Å². The Kier molecular flexibility index (Phi) is 5.36. The highest BCUT2D eigenvalue weighted by Gasteiger charge is 2.47. The molecule has 1 fully saturated rings. The summed E-state index contributed by atoms with van der Waals surface area (Å²) in [6, 6.07) is 8.87. The van der Waals surface area contributed by atoms with Crippen molar-refractivity contribution in [1.82, 2.24) is 4.90 Å². The molecule has 30 heavy (non-hydrogen) atoms. The SMILES string of the molecule is COc1ccc2c(c1)C(=O)CC1(CCN(C(=O)COc3cc(C)c(Cl)c(C)c3)C1)O2. The van der Waals surface area contributed by atoms with Crippen LogP contribution >= 0.6 is 11.6 Å². The summed E-state index contributed by atoms with van der Waals surface area (Å²) in [5.41, 5.74) is 1.66. The van der Waals surface area contributed by atoms with E-state index in [2.05, 4.69) is 0 Å². The zero-order valence-electron chi connectivity index (χ0n) is 17.3. The van der Waals surface area contributed by atoms with Gasteiger partial charge in [-0.1, -0.05) is 11.6 Å². The fourth-order valence-corrected chi connectivity index (χ4v) is 4.22. The first-order valence-corrected chi connectivity index (χ1v) is 10.3. The van der Waals surface area contributed by atoms with Gasteiger partial charge < -0.3 is 19.1 Å². The predicted molar refractivity (Wildman–Crippen MR) is 113 cm³/mol. The Morgan fingerprint density at radius 3 is 2.63 bits per heavy atom. The average Bonchev–Trinajstić information content (AvgIpc) is 3.13. The van der Waals surface area contributed by atoms with E-state index in [0.29, 0.717) is 47.3 Å². The number of amides is 1. The number of nitrogens with zero attached hydrogens (tertiary/aromatic N) is 1. The van der Waals surface area contributed by atoms with Crippen molar-refractivity contribution >= 4 is 23.3 Å². The van der Waals surface area contributed by atoms with Crippen LogP contribution in [0.15, 0.2) is 30.3 Å². The van der Waals surface area contributed by atoms with Crippen LogP contribution in [-0.4, -0.2) is 49.0 Å². The van der Waals surface area contributed by atoms with Crippen LogP contribution in [0.4, 0.5) is 0 Å². The molecule has 2 aromatic carbocycles. The molecular weight excluding hydrogens is 406 g/mol. The normalized spacial score (nSPS) is 20.1. The summed E-state index contributed by atoms with van der Waals surface area (Å²) < 4.78 is 17.1. The number of methoxy groups -OCH3 is 1. The minimum absolute atomic E-state index is 0.00723. The molecule has 6 nitrogen and oxygen atoms in total. The summed E-state index contributed by atoms with van der Waals surface area (Å²) in [5, 5.41) is 0.701. The maximum Gasteiger partial charge on any atom is 0.260 e. The Balaban J connectivity index is 1.41. The van der Waals surface area contributed by atoms with Crippen LogP contribution in [0.2, 0.25) is 5.02 Å². The quantitative estimate of drug-likeness (QED) is 0.735. The lowest BCUT2D eigenvalue weighted by Gasteiger charge is -2.34. The van der Waals surface area contributed by atoms with Crippen molar-refractivity contribution < 1.29 is 23.8 Å². The number of ketones is 1. The molecule has 158 valence electrons. The van der Waals surface area contributed by atoms with E-state index in [1.165, 1.54) is 0 Å². The van der Waals surface area contributed by atoms with Crippen molar-refractivity contribution in [2.75, 3.05) is 26.8 Å². The standard InChI is InChI=1S/C23H24ClNO5/c1-14-8-17(9-15(2)22(14)24)29-12-21(27)25-7-6-23(13-25)11-19(26)18-10-16(28-3)4-5-20(18)30-23/h4-5,8-10H,6-7,11-13H2,1-3H3. The number of likely N-dealkylation sites (tertiary alicyclic amines) is 1. The minimum Gasteiger partial charge on any atom is -0.497 e. The van der Waals surface area contributed by atoms with E-state index >= 15 is 0 Å². The molecule has 0 saturated carbocycles. The van der Waals surface area contributed by atoms with Gasteiger partial charge in [0.1, 0.15) is 22.8 Å². The van der Waals surface area contributed by atoms with Crippen LogP contribution in [0.1, 0.15) is 34.3 Å². The fourth-order valence-electron chi connectivity index (χ4n) is 4.11. The zero-order chi connectivity index (χ0) is 21.5. The Morgan fingerprint density at radius 1 is 1.20 bits per heavy atom. The van der Waals surface area contributed by atoms with Crippen LogP contribution in [0, 0.1) is 13.8 Å². The first kappa shape index (κ1) is 20.5. The molecule has 0 radical (unpaired) electrons. The molecule has 1 amide bonds. The van der Waals surface area contributed by atoms with Crippen LogP contribution < -0.4 is 14.2 Å². The summed E-state index contributed by atoms with van der Waals surface area (Å²) in [6.07, 6.45) is 0.850. The second kappa shape index (κ2) is 7.84. The third-order valence-corrected chi connectivity index (χ3v) is 6.33. The summed E-state index contributed by atoms with van der Waals surface area (Å²) >= 11 is 6.18. The predicted octanol–water partition coefficient (Wildman–Crippen LogP) is 3.98. The largest absolute Gasteiger partial charge is 0.497 e. The van der Waals surface area contributed by atoms with Gasteiger partial charge in [0.25, 0.3) is 5.91 Å². The molecule has 1 unspecified atom stereocenters. The van der Waals surface area contributed by atoms with Crippen LogP contribution in [-0.2, 0) is 4.79 Å². The number of rotatable bonds is 4. The number of Topliss-reactive ketones (excluding diaryl/α,β-unsaturated/α-hetero) is 1. The van der Waals surface area contributed by atoms with Gasteiger partial charge in [-0.05, 0) is 55.3 Å². The van der Waals surface area contributed by atoms with E-state index in [4.69, 9.17) is 25.8 Å².